The fourth-order valence-corrected chi connectivity index (χ4v) is 3.20. The fourth-order valence-electron chi connectivity index (χ4n) is 3.20. The molecule has 0 unspecified atom stereocenters. The number of rotatable bonds is 4. The molecule has 0 atom stereocenters. The van der Waals surface area contributed by atoms with Gasteiger partial charge in [-0.3, -0.25) is 0 Å². The maximum atomic E-state index is 13.0. The Bertz CT molecular complexity index is 1090. The molecular weight excluding hydrogens is 324 g/mol. The highest BCUT2D eigenvalue weighted by molar-refractivity contribution is 6.15. The maximum absolute atomic E-state index is 13.0. The predicted molar refractivity (Wildman–Crippen MR) is 103 cm³/mol. The minimum atomic E-state index is -0.385. The molecule has 0 saturated heterocycles. The minimum absolute atomic E-state index is 0.385. The van der Waals surface area contributed by atoms with Crippen molar-refractivity contribution in [1.29, 1.82) is 0 Å². The van der Waals surface area contributed by atoms with Gasteiger partial charge in [-0.2, -0.15) is 0 Å². The van der Waals surface area contributed by atoms with Crippen LogP contribution in [0.2, 0.25) is 0 Å². The molecule has 0 spiro atoms. The largest absolute Gasteiger partial charge is 0.423 e. The summed E-state index contributed by atoms with van der Waals surface area (Å²) in [7, 11) is 0. The van der Waals surface area contributed by atoms with Gasteiger partial charge in [-0.15, -0.1) is 0 Å². The van der Waals surface area contributed by atoms with Crippen LogP contribution in [0.25, 0.3) is 21.8 Å². The zero-order valence-corrected chi connectivity index (χ0v) is 14.2. The van der Waals surface area contributed by atoms with Crippen molar-refractivity contribution in [2.45, 2.75) is 6.42 Å². The number of benzene rings is 3. The van der Waals surface area contributed by atoms with Crippen molar-refractivity contribution >= 4 is 27.8 Å². The number of pyridine rings is 1. The highest BCUT2D eigenvalue weighted by Crippen LogP contribution is 2.29. The van der Waals surface area contributed by atoms with Gasteiger partial charge in [-0.05, 0) is 36.7 Å². The number of nitrogens with zero attached hydrogens (tertiary/aromatic N) is 1. The maximum Gasteiger partial charge on any atom is 0.344 e. The summed E-state index contributed by atoms with van der Waals surface area (Å²) in [5, 5.41) is 1.57. The number of hydrogen-bond donors (Lipinski definition) is 1. The van der Waals surface area contributed by atoms with E-state index in [2.05, 4.69) is 0 Å². The smallest absolute Gasteiger partial charge is 0.344 e. The zero-order valence-electron chi connectivity index (χ0n) is 14.2. The van der Waals surface area contributed by atoms with E-state index < -0.39 is 0 Å². The van der Waals surface area contributed by atoms with Crippen LogP contribution in [0.1, 0.15) is 15.9 Å². The van der Waals surface area contributed by atoms with E-state index in [1.54, 1.807) is 12.1 Å². The quantitative estimate of drug-likeness (QED) is 0.344. The average molecular weight is 342 g/mol. The summed E-state index contributed by atoms with van der Waals surface area (Å²) < 4.78 is 5.63. The Morgan fingerprint density at radius 3 is 2.42 bits per heavy atom. The molecular formula is C22H18N2O2. The second kappa shape index (κ2) is 6.94. The van der Waals surface area contributed by atoms with Gasteiger partial charge in [0.1, 0.15) is 5.75 Å². The van der Waals surface area contributed by atoms with Crippen molar-refractivity contribution in [2.75, 3.05) is 6.54 Å². The molecule has 4 heteroatoms. The first-order chi connectivity index (χ1) is 12.8. The summed E-state index contributed by atoms with van der Waals surface area (Å²) in [5.74, 6) is 0.134. The van der Waals surface area contributed by atoms with Crippen LogP contribution in [-0.2, 0) is 6.42 Å². The van der Waals surface area contributed by atoms with Gasteiger partial charge in [0, 0.05) is 10.8 Å². The number of carbonyl (C=O) groups is 1. The molecule has 0 aliphatic heterocycles. The lowest BCUT2D eigenvalue weighted by atomic mass is 9.99. The summed E-state index contributed by atoms with van der Waals surface area (Å²) in [6.07, 6.45) is 0.704. The van der Waals surface area contributed by atoms with Gasteiger partial charge >= 0.3 is 5.97 Å². The molecule has 0 amide bonds. The number of aromatic nitrogens is 1. The third-order valence-corrected chi connectivity index (χ3v) is 4.37. The molecule has 0 saturated carbocycles. The third-order valence-electron chi connectivity index (χ3n) is 4.37. The van der Waals surface area contributed by atoms with Gasteiger partial charge in [-0.1, -0.05) is 54.6 Å². The summed E-state index contributed by atoms with van der Waals surface area (Å²) in [4.78, 5) is 17.8. The van der Waals surface area contributed by atoms with Gasteiger partial charge in [0.25, 0.3) is 0 Å². The van der Waals surface area contributed by atoms with Crippen LogP contribution in [0.15, 0.2) is 72.8 Å². The minimum Gasteiger partial charge on any atom is -0.423 e. The molecule has 0 radical (unpaired) electrons. The van der Waals surface area contributed by atoms with Crippen molar-refractivity contribution in [3.63, 3.8) is 0 Å². The molecule has 0 aliphatic carbocycles. The molecule has 4 nitrogen and oxygen atoms in total. The number of esters is 1. The molecule has 3 aromatic carbocycles. The van der Waals surface area contributed by atoms with E-state index in [1.807, 2.05) is 60.7 Å². The lowest BCUT2D eigenvalue weighted by Crippen LogP contribution is -2.11. The molecule has 1 aromatic heterocycles. The first-order valence-corrected chi connectivity index (χ1v) is 8.55. The Labute approximate surface area is 151 Å². The molecule has 128 valence electrons. The lowest BCUT2D eigenvalue weighted by molar-refractivity contribution is 0.0739. The highest BCUT2D eigenvalue weighted by atomic mass is 16.5. The summed E-state index contributed by atoms with van der Waals surface area (Å²) in [6.45, 7) is 0.525. The number of nitrogens with two attached hydrogens (primary N) is 1. The highest BCUT2D eigenvalue weighted by Gasteiger charge is 2.19. The Hall–Kier alpha value is -3.24. The van der Waals surface area contributed by atoms with Crippen molar-refractivity contribution in [2.24, 2.45) is 5.73 Å². The summed E-state index contributed by atoms with van der Waals surface area (Å²) in [5.41, 5.74) is 8.88. The van der Waals surface area contributed by atoms with Crippen LogP contribution in [0.4, 0.5) is 0 Å². The average Bonchev–Trinajstić information content (AvgIpc) is 2.67. The van der Waals surface area contributed by atoms with Gasteiger partial charge in [0.15, 0.2) is 0 Å². The standard InChI is InChI=1S/C22H18N2O2/c23-14-13-15-7-6-11-18-20(22(25)26-16-8-2-1-3-9-16)17-10-4-5-12-19(17)24-21(15)18/h1-12H,13-14,23H2. The first-order valence-electron chi connectivity index (χ1n) is 8.55. The Morgan fingerprint density at radius 1 is 0.885 bits per heavy atom. The molecule has 0 fully saturated rings. The van der Waals surface area contributed by atoms with Gasteiger partial charge < -0.3 is 10.5 Å². The van der Waals surface area contributed by atoms with Crippen LogP contribution in [0.5, 0.6) is 5.75 Å². The number of hydrogen-bond acceptors (Lipinski definition) is 4. The van der Waals surface area contributed by atoms with Crippen LogP contribution in [-0.4, -0.2) is 17.5 Å². The molecule has 0 bridgehead atoms. The van der Waals surface area contributed by atoms with Crippen molar-refractivity contribution in [1.82, 2.24) is 4.98 Å². The molecule has 26 heavy (non-hydrogen) atoms. The monoisotopic (exact) mass is 342 g/mol. The van der Waals surface area contributed by atoms with Gasteiger partial charge in [-0.25, -0.2) is 9.78 Å². The second-order valence-corrected chi connectivity index (χ2v) is 6.06. The Morgan fingerprint density at radius 2 is 1.62 bits per heavy atom. The van der Waals surface area contributed by atoms with Gasteiger partial charge in [0.05, 0.1) is 16.6 Å². The van der Waals surface area contributed by atoms with E-state index in [0.717, 1.165) is 27.4 Å². The topological polar surface area (TPSA) is 65.2 Å². The number of fused-ring (bicyclic) bond motifs is 2. The first kappa shape index (κ1) is 16.2. The summed E-state index contributed by atoms with van der Waals surface area (Å²) in [6, 6.07) is 22.6. The van der Waals surface area contributed by atoms with Crippen LogP contribution >= 0.6 is 0 Å². The SMILES string of the molecule is NCCc1cccc2c(C(=O)Oc3ccccc3)c3ccccc3nc12. The van der Waals surface area contributed by atoms with E-state index in [0.29, 0.717) is 24.3 Å². The Balaban J connectivity index is 1.95. The molecule has 4 rings (SSSR count). The number of carbonyl (C=O) groups excluding carboxylic acids is 1. The predicted octanol–water partition coefficient (Wildman–Crippen LogP) is 4.11. The number of ether oxygens (including phenoxy) is 1. The van der Waals surface area contributed by atoms with E-state index in [-0.39, 0.29) is 5.97 Å². The van der Waals surface area contributed by atoms with E-state index >= 15 is 0 Å². The third kappa shape index (κ3) is 2.91. The molecule has 2 N–H and O–H groups in total. The molecule has 1 heterocycles. The van der Waals surface area contributed by atoms with Crippen LogP contribution in [0, 0.1) is 0 Å². The van der Waals surface area contributed by atoms with Gasteiger partial charge in [0.2, 0.25) is 0 Å². The zero-order chi connectivity index (χ0) is 17.9. The Kier molecular flexibility index (Phi) is 4.33. The molecule has 4 aromatic rings. The lowest BCUT2D eigenvalue weighted by Gasteiger charge is -2.13. The van der Waals surface area contributed by atoms with Crippen LogP contribution < -0.4 is 10.5 Å². The number of para-hydroxylation sites is 3. The molecule has 0 aliphatic rings. The van der Waals surface area contributed by atoms with E-state index in [1.165, 1.54) is 0 Å². The summed E-state index contributed by atoms with van der Waals surface area (Å²) >= 11 is 0. The van der Waals surface area contributed by atoms with Crippen LogP contribution in [0.3, 0.4) is 0 Å². The van der Waals surface area contributed by atoms with Crippen molar-refractivity contribution < 1.29 is 9.53 Å². The normalized spacial score (nSPS) is 11.0. The van der Waals surface area contributed by atoms with E-state index in [9.17, 15) is 4.79 Å². The fraction of sp³-hybridized carbons (Fsp3) is 0.0909. The van der Waals surface area contributed by atoms with E-state index in [4.69, 9.17) is 15.5 Å². The van der Waals surface area contributed by atoms with Crippen molar-refractivity contribution in [3.8, 4) is 5.75 Å². The second-order valence-electron chi connectivity index (χ2n) is 6.06. The van der Waals surface area contributed by atoms with Crippen molar-refractivity contribution in [3.05, 3.63) is 83.9 Å².